The van der Waals surface area contributed by atoms with E-state index in [0.29, 0.717) is 12.0 Å². The van der Waals surface area contributed by atoms with E-state index in [0.717, 1.165) is 52.0 Å². The van der Waals surface area contributed by atoms with Gasteiger partial charge in [-0.05, 0) is 38.8 Å². The Morgan fingerprint density at radius 2 is 2.05 bits per heavy atom. The molecule has 4 nitrogen and oxygen atoms in total. The molecule has 1 N–H and O–H groups in total. The topological polar surface area (TPSA) is 33.7 Å². The summed E-state index contributed by atoms with van der Waals surface area (Å²) in [5.74, 6) is 1.36. The molecule has 0 amide bonds. The fraction of sp³-hybridized carbons (Fsp3) is 1.00. The molecular weight excluding hydrogens is 240 g/mol. The minimum atomic E-state index is 0.546. The molecule has 2 fully saturated rings. The van der Waals surface area contributed by atoms with Gasteiger partial charge in [-0.3, -0.25) is 0 Å². The van der Waals surface area contributed by atoms with Gasteiger partial charge in [-0.15, -0.1) is 0 Å². The molecule has 0 saturated carbocycles. The average Bonchev–Trinajstić information content (AvgIpc) is 2.84. The molecule has 0 radical (unpaired) electrons. The van der Waals surface area contributed by atoms with Gasteiger partial charge in [0.05, 0.1) is 19.8 Å². The maximum Gasteiger partial charge on any atom is 0.0623 e. The Kier molecular flexibility index (Phi) is 6.57. The van der Waals surface area contributed by atoms with Crippen LogP contribution in [0.2, 0.25) is 0 Å². The Labute approximate surface area is 117 Å². The van der Waals surface area contributed by atoms with Crippen molar-refractivity contribution in [2.75, 3.05) is 53.1 Å². The van der Waals surface area contributed by atoms with E-state index in [1.807, 2.05) is 0 Å². The van der Waals surface area contributed by atoms with Gasteiger partial charge >= 0.3 is 0 Å². The van der Waals surface area contributed by atoms with Gasteiger partial charge in [0.1, 0.15) is 0 Å². The lowest BCUT2D eigenvalue weighted by Gasteiger charge is -2.30. The van der Waals surface area contributed by atoms with Crippen LogP contribution in [0, 0.1) is 11.8 Å². The molecule has 2 aliphatic rings. The Bertz CT molecular complexity index is 244. The molecule has 2 saturated heterocycles. The Morgan fingerprint density at radius 3 is 2.79 bits per heavy atom. The summed E-state index contributed by atoms with van der Waals surface area (Å²) in [5.41, 5.74) is 0. The van der Waals surface area contributed by atoms with Crippen LogP contribution in [-0.2, 0) is 9.47 Å². The molecular formula is C15H30N2O2. The van der Waals surface area contributed by atoms with Crippen molar-refractivity contribution in [3.63, 3.8) is 0 Å². The second-order valence-electron chi connectivity index (χ2n) is 6.16. The van der Waals surface area contributed by atoms with Crippen LogP contribution >= 0.6 is 0 Å². The summed E-state index contributed by atoms with van der Waals surface area (Å²) in [6, 6.07) is 0.546. The third-order valence-corrected chi connectivity index (χ3v) is 4.23. The smallest absolute Gasteiger partial charge is 0.0623 e. The molecule has 0 aromatic carbocycles. The summed E-state index contributed by atoms with van der Waals surface area (Å²) in [7, 11) is 2.24. The molecule has 2 aliphatic heterocycles. The van der Waals surface area contributed by atoms with E-state index >= 15 is 0 Å². The van der Waals surface area contributed by atoms with Crippen molar-refractivity contribution >= 4 is 0 Å². The number of hydrogen-bond acceptors (Lipinski definition) is 4. The molecule has 0 spiro atoms. The SMILES string of the molecule is CCCNC1COCC1CN(C)CC1CCCOC1. The first-order valence-corrected chi connectivity index (χ1v) is 7.87. The first-order valence-electron chi connectivity index (χ1n) is 7.87. The van der Waals surface area contributed by atoms with Gasteiger partial charge in [-0.1, -0.05) is 6.92 Å². The molecule has 3 atom stereocenters. The first kappa shape index (κ1) is 15.2. The van der Waals surface area contributed by atoms with Gasteiger partial charge < -0.3 is 19.7 Å². The van der Waals surface area contributed by atoms with Crippen LogP contribution in [0.1, 0.15) is 26.2 Å². The lowest BCUT2D eigenvalue weighted by atomic mass is 9.99. The minimum Gasteiger partial charge on any atom is -0.381 e. The molecule has 0 bridgehead atoms. The third-order valence-electron chi connectivity index (χ3n) is 4.23. The van der Waals surface area contributed by atoms with E-state index in [2.05, 4.69) is 24.2 Å². The predicted octanol–water partition coefficient (Wildman–Crippen LogP) is 1.36. The zero-order valence-electron chi connectivity index (χ0n) is 12.6. The van der Waals surface area contributed by atoms with E-state index in [9.17, 15) is 0 Å². The van der Waals surface area contributed by atoms with E-state index < -0.39 is 0 Å². The normalized spacial score (nSPS) is 32.1. The van der Waals surface area contributed by atoms with E-state index in [4.69, 9.17) is 9.47 Å². The molecule has 0 aliphatic carbocycles. The fourth-order valence-corrected chi connectivity index (χ4v) is 3.20. The van der Waals surface area contributed by atoms with Crippen molar-refractivity contribution in [2.24, 2.45) is 11.8 Å². The lowest BCUT2D eigenvalue weighted by Crippen LogP contribution is -2.42. The molecule has 112 valence electrons. The quantitative estimate of drug-likeness (QED) is 0.757. The summed E-state index contributed by atoms with van der Waals surface area (Å²) in [4.78, 5) is 2.47. The Balaban J connectivity index is 1.69. The Morgan fingerprint density at radius 1 is 1.16 bits per heavy atom. The largest absolute Gasteiger partial charge is 0.381 e. The van der Waals surface area contributed by atoms with Gasteiger partial charge in [-0.25, -0.2) is 0 Å². The first-order chi connectivity index (χ1) is 9.29. The van der Waals surface area contributed by atoms with E-state index in [-0.39, 0.29) is 0 Å². The maximum atomic E-state index is 5.64. The molecule has 4 heteroatoms. The zero-order valence-corrected chi connectivity index (χ0v) is 12.6. The molecule has 2 rings (SSSR count). The highest BCUT2D eigenvalue weighted by atomic mass is 16.5. The van der Waals surface area contributed by atoms with Crippen LogP contribution in [0.25, 0.3) is 0 Å². The molecule has 19 heavy (non-hydrogen) atoms. The lowest BCUT2D eigenvalue weighted by molar-refractivity contribution is 0.0395. The van der Waals surface area contributed by atoms with Gasteiger partial charge in [0.15, 0.2) is 0 Å². The van der Waals surface area contributed by atoms with Crippen LogP contribution in [-0.4, -0.2) is 64.1 Å². The van der Waals surface area contributed by atoms with Crippen molar-refractivity contribution in [3.05, 3.63) is 0 Å². The van der Waals surface area contributed by atoms with Crippen molar-refractivity contribution in [1.29, 1.82) is 0 Å². The predicted molar refractivity (Wildman–Crippen MR) is 77.4 cm³/mol. The average molecular weight is 270 g/mol. The molecule has 2 heterocycles. The van der Waals surface area contributed by atoms with Gasteiger partial charge in [0.25, 0.3) is 0 Å². The fourth-order valence-electron chi connectivity index (χ4n) is 3.20. The maximum absolute atomic E-state index is 5.64. The van der Waals surface area contributed by atoms with Crippen molar-refractivity contribution in [2.45, 2.75) is 32.2 Å². The van der Waals surface area contributed by atoms with Crippen LogP contribution in [0.5, 0.6) is 0 Å². The number of hydrogen-bond donors (Lipinski definition) is 1. The number of nitrogens with zero attached hydrogens (tertiary/aromatic N) is 1. The van der Waals surface area contributed by atoms with Crippen molar-refractivity contribution < 1.29 is 9.47 Å². The number of nitrogens with one attached hydrogen (secondary N) is 1. The third kappa shape index (κ3) is 5.03. The molecule has 3 unspecified atom stereocenters. The second-order valence-corrected chi connectivity index (χ2v) is 6.16. The number of ether oxygens (including phenoxy) is 2. The number of rotatable bonds is 7. The minimum absolute atomic E-state index is 0.546. The highest BCUT2D eigenvalue weighted by Crippen LogP contribution is 2.18. The summed E-state index contributed by atoms with van der Waals surface area (Å²) in [6.07, 6.45) is 3.74. The summed E-state index contributed by atoms with van der Waals surface area (Å²) < 4.78 is 11.2. The second kappa shape index (κ2) is 8.20. The van der Waals surface area contributed by atoms with Gasteiger partial charge in [-0.2, -0.15) is 0 Å². The summed E-state index contributed by atoms with van der Waals surface area (Å²) >= 11 is 0. The monoisotopic (exact) mass is 270 g/mol. The van der Waals surface area contributed by atoms with Gasteiger partial charge in [0.2, 0.25) is 0 Å². The van der Waals surface area contributed by atoms with Crippen LogP contribution in [0.15, 0.2) is 0 Å². The van der Waals surface area contributed by atoms with Crippen molar-refractivity contribution in [3.8, 4) is 0 Å². The standard InChI is InChI=1S/C15H30N2O2/c1-3-6-16-15-12-19-11-14(15)9-17(2)8-13-5-4-7-18-10-13/h13-16H,3-12H2,1-2H3. The van der Waals surface area contributed by atoms with Crippen molar-refractivity contribution in [1.82, 2.24) is 10.2 Å². The van der Waals surface area contributed by atoms with Crippen LogP contribution in [0.3, 0.4) is 0 Å². The van der Waals surface area contributed by atoms with Crippen LogP contribution in [0.4, 0.5) is 0 Å². The Hall–Kier alpha value is -0.160. The zero-order chi connectivity index (χ0) is 13.5. The summed E-state index contributed by atoms with van der Waals surface area (Å²) in [6.45, 7) is 9.31. The molecule has 0 aromatic heterocycles. The van der Waals surface area contributed by atoms with E-state index in [1.54, 1.807) is 0 Å². The van der Waals surface area contributed by atoms with E-state index in [1.165, 1.54) is 19.3 Å². The van der Waals surface area contributed by atoms with Gasteiger partial charge in [0, 0.05) is 31.7 Å². The highest BCUT2D eigenvalue weighted by molar-refractivity contribution is 4.83. The van der Waals surface area contributed by atoms with Crippen LogP contribution < -0.4 is 5.32 Å². The highest BCUT2D eigenvalue weighted by Gasteiger charge is 2.29. The molecule has 0 aromatic rings. The summed E-state index contributed by atoms with van der Waals surface area (Å²) in [5, 5.41) is 3.61.